The normalized spacial score (nSPS) is 11.0. The zero-order valence-corrected chi connectivity index (χ0v) is 18.8. The minimum Gasteiger partial charge on any atom is -0.505 e. The van der Waals surface area contributed by atoms with E-state index in [0.29, 0.717) is 18.1 Å². The molecule has 2 aromatic rings. The predicted octanol–water partition coefficient (Wildman–Crippen LogP) is 6.47. The van der Waals surface area contributed by atoms with E-state index in [9.17, 15) is 15.2 Å². The molecule has 0 heterocycles. The Hall–Kier alpha value is -2.94. The van der Waals surface area contributed by atoms with Gasteiger partial charge in [-0.3, -0.25) is 10.1 Å². The number of hydrogen-bond donors (Lipinski definition) is 1. The van der Waals surface area contributed by atoms with Crippen LogP contribution in [0.2, 0.25) is 25.7 Å². The summed E-state index contributed by atoms with van der Waals surface area (Å²) in [5.41, 5.74) is 0.00109. The van der Waals surface area contributed by atoms with Gasteiger partial charge in [0.25, 0.3) is 5.69 Å². The summed E-state index contributed by atoms with van der Waals surface area (Å²) in [7, 11) is 0.784. The molecule has 0 amide bonds. The van der Waals surface area contributed by atoms with Crippen molar-refractivity contribution in [1.29, 1.82) is 0 Å². The van der Waals surface area contributed by atoms with Crippen molar-refractivity contribution in [3.05, 3.63) is 46.5 Å². The van der Waals surface area contributed by atoms with Crippen LogP contribution < -0.4 is 9.47 Å². The maximum absolute atomic E-state index is 11.1. The van der Waals surface area contributed by atoms with Gasteiger partial charge in [0.2, 0.25) is 0 Å². The van der Waals surface area contributed by atoms with E-state index in [1.807, 2.05) is 6.92 Å². The van der Waals surface area contributed by atoms with E-state index < -0.39 is 13.0 Å². The molecule has 1 N–H and O–H groups in total. The Morgan fingerprint density at radius 3 is 2.07 bits per heavy atom. The largest absolute Gasteiger partial charge is 0.505 e. The van der Waals surface area contributed by atoms with Crippen LogP contribution in [-0.2, 0) is 0 Å². The van der Waals surface area contributed by atoms with Gasteiger partial charge in [-0.25, -0.2) is 0 Å². The lowest BCUT2D eigenvalue weighted by atomic mass is 10.2. The highest BCUT2D eigenvalue weighted by Gasteiger charge is 2.15. The Balaban J connectivity index is 0.000000612. The molecule has 0 saturated carbocycles. The van der Waals surface area contributed by atoms with Crippen molar-refractivity contribution in [2.45, 2.75) is 39.5 Å². The fourth-order valence-corrected chi connectivity index (χ4v) is 1.81. The number of rotatable bonds is 7. The van der Waals surface area contributed by atoms with Crippen molar-refractivity contribution in [1.82, 2.24) is 0 Å². The van der Waals surface area contributed by atoms with Crippen LogP contribution >= 0.6 is 0 Å². The summed E-state index contributed by atoms with van der Waals surface area (Å²) in [6, 6.07) is 10.2. The minimum absolute atomic E-state index is 0.0593. The zero-order chi connectivity index (χ0) is 22.0. The third kappa shape index (κ3) is 8.30. The van der Waals surface area contributed by atoms with Crippen LogP contribution in [-0.4, -0.2) is 31.8 Å². The van der Waals surface area contributed by atoms with Crippen LogP contribution in [0.5, 0.6) is 17.2 Å². The first kappa shape index (κ1) is 24.1. The number of azo groups is 1. The average molecular weight is 420 g/mol. The number of aromatic hydroxyl groups is 1. The lowest BCUT2D eigenvalue weighted by Gasteiger charge is -2.09. The molecule has 0 aliphatic carbocycles. The SMILES string of the molecule is CCOc1ccc(N=Nc2ccc(OC)cc2[N+](=O)[O-])c(O)c1.CC[Si](C)(C)C. The van der Waals surface area contributed by atoms with Crippen molar-refractivity contribution >= 4 is 25.1 Å². The molecular weight excluding hydrogens is 390 g/mol. The maximum Gasteiger partial charge on any atom is 0.300 e. The van der Waals surface area contributed by atoms with Gasteiger partial charge in [0.15, 0.2) is 5.69 Å². The monoisotopic (exact) mass is 419 g/mol. The molecule has 0 unspecified atom stereocenters. The third-order valence-electron chi connectivity index (χ3n) is 3.96. The fourth-order valence-electron chi connectivity index (χ4n) is 1.81. The van der Waals surface area contributed by atoms with Crippen LogP contribution in [0.4, 0.5) is 17.1 Å². The van der Waals surface area contributed by atoms with Gasteiger partial charge in [0.05, 0.1) is 24.7 Å². The smallest absolute Gasteiger partial charge is 0.300 e. The highest BCUT2D eigenvalue weighted by atomic mass is 28.3. The number of methoxy groups -OCH3 is 1. The Morgan fingerprint density at radius 1 is 1.03 bits per heavy atom. The third-order valence-corrected chi connectivity index (χ3v) is 6.08. The second kappa shape index (κ2) is 11.2. The standard InChI is InChI=1S/C15H15N3O5.C5H14Si/c1-3-23-11-5-7-13(15(19)9-11)17-16-12-6-4-10(22-2)8-14(12)18(20)21;1-5-6(2,3)4/h4-9,19H,3H2,1-2H3;5H2,1-4H3. The Bertz CT molecular complexity index is 850. The summed E-state index contributed by atoms with van der Waals surface area (Å²) in [5.74, 6) is 0.717. The summed E-state index contributed by atoms with van der Waals surface area (Å²) >= 11 is 0. The molecule has 0 saturated heterocycles. The van der Waals surface area contributed by atoms with E-state index in [-0.39, 0.29) is 22.8 Å². The predicted molar refractivity (Wildman–Crippen MR) is 117 cm³/mol. The molecule has 2 rings (SSSR count). The van der Waals surface area contributed by atoms with Gasteiger partial charge in [-0.2, -0.15) is 0 Å². The van der Waals surface area contributed by atoms with Gasteiger partial charge in [0.1, 0.15) is 22.9 Å². The quantitative estimate of drug-likeness (QED) is 0.239. The molecule has 0 aromatic heterocycles. The first-order chi connectivity index (χ1) is 13.6. The van der Waals surface area contributed by atoms with E-state index in [4.69, 9.17) is 9.47 Å². The Labute approximate surface area is 172 Å². The maximum atomic E-state index is 11.1. The first-order valence-corrected chi connectivity index (χ1v) is 13.0. The van der Waals surface area contributed by atoms with Gasteiger partial charge in [-0.15, -0.1) is 10.2 Å². The number of nitro benzene ring substituents is 1. The molecule has 0 aliphatic heterocycles. The van der Waals surface area contributed by atoms with E-state index in [0.717, 1.165) is 0 Å². The molecule has 0 fully saturated rings. The van der Waals surface area contributed by atoms with Crippen LogP contribution in [0.25, 0.3) is 0 Å². The van der Waals surface area contributed by atoms with Crippen molar-refractivity contribution in [3.63, 3.8) is 0 Å². The molecule has 8 nitrogen and oxygen atoms in total. The topological polar surface area (TPSA) is 107 Å². The van der Waals surface area contributed by atoms with E-state index in [1.165, 1.54) is 37.4 Å². The molecular formula is C20H29N3O5Si. The van der Waals surface area contributed by atoms with Gasteiger partial charge in [0, 0.05) is 14.1 Å². The van der Waals surface area contributed by atoms with Gasteiger partial charge >= 0.3 is 0 Å². The number of ether oxygens (including phenoxy) is 2. The number of phenols is 1. The average Bonchev–Trinajstić information content (AvgIpc) is 2.67. The van der Waals surface area contributed by atoms with Crippen molar-refractivity contribution in [3.8, 4) is 17.2 Å². The number of nitro groups is 1. The van der Waals surface area contributed by atoms with Crippen molar-refractivity contribution in [2.75, 3.05) is 13.7 Å². The molecule has 0 radical (unpaired) electrons. The van der Waals surface area contributed by atoms with E-state index in [1.54, 1.807) is 12.1 Å². The molecule has 0 spiro atoms. The molecule has 29 heavy (non-hydrogen) atoms. The highest BCUT2D eigenvalue weighted by molar-refractivity contribution is 6.75. The lowest BCUT2D eigenvalue weighted by molar-refractivity contribution is -0.384. The number of benzene rings is 2. The summed E-state index contributed by atoms with van der Waals surface area (Å²) < 4.78 is 10.2. The van der Waals surface area contributed by atoms with Gasteiger partial charge in [-0.1, -0.05) is 32.6 Å². The van der Waals surface area contributed by atoms with Crippen LogP contribution in [0.3, 0.4) is 0 Å². The molecule has 0 aliphatic rings. The first-order valence-electron chi connectivity index (χ1n) is 9.31. The number of nitrogens with zero attached hydrogens (tertiary/aromatic N) is 3. The van der Waals surface area contributed by atoms with Crippen molar-refractivity contribution < 1.29 is 19.5 Å². The highest BCUT2D eigenvalue weighted by Crippen LogP contribution is 2.35. The van der Waals surface area contributed by atoms with Crippen molar-refractivity contribution in [2.24, 2.45) is 10.2 Å². The second-order valence-electron chi connectivity index (χ2n) is 7.31. The van der Waals surface area contributed by atoms with Gasteiger partial charge in [-0.05, 0) is 31.2 Å². The van der Waals surface area contributed by atoms with Crippen LogP contribution in [0, 0.1) is 10.1 Å². The lowest BCUT2D eigenvalue weighted by Crippen LogP contribution is -2.16. The number of hydrogen-bond acceptors (Lipinski definition) is 7. The molecule has 158 valence electrons. The number of phenolic OH excluding ortho intramolecular Hbond substituents is 1. The molecule has 9 heteroatoms. The zero-order valence-electron chi connectivity index (χ0n) is 17.8. The fraction of sp³-hybridized carbons (Fsp3) is 0.400. The van der Waals surface area contributed by atoms with E-state index in [2.05, 4.69) is 36.8 Å². The molecule has 0 bridgehead atoms. The second-order valence-corrected chi connectivity index (χ2v) is 13.1. The summed E-state index contributed by atoms with van der Waals surface area (Å²) in [6.07, 6.45) is 0. The van der Waals surface area contributed by atoms with Crippen LogP contribution in [0.1, 0.15) is 13.8 Å². The van der Waals surface area contributed by atoms with Crippen LogP contribution in [0.15, 0.2) is 46.6 Å². The molecule has 2 aromatic carbocycles. The minimum atomic E-state index is -0.631. The molecule has 0 atom stereocenters. The Morgan fingerprint density at radius 2 is 1.59 bits per heavy atom. The Kier molecular flexibility index (Phi) is 9.27. The summed E-state index contributed by atoms with van der Waals surface area (Å²) in [4.78, 5) is 10.5. The van der Waals surface area contributed by atoms with Gasteiger partial charge < -0.3 is 14.6 Å². The summed E-state index contributed by atoms with van der Waals surface area (Å²) in [5, 5.41) is 28.6. The summed E-state index contributed by atoms with van der Waals surface area (Å²) in [6.45, 7) is 11.7. The van der Waals surface area contributed by atoms with E-state index >= 15 is 0 Å².